The van der Waals surface area contributed by atoms with Crippen LogP contribution in [0.2, 0.25) is 0 Å². The average molecular weight is 585 g/mol. The van der Waals surface area contributed by atoms with Crippen molar-refractivity contribution in [2.24, 2.45) is 0 Å². The summed E-state index contributed by atoms with van der Waals surface area (Å²) >= 11 is 5.81. The molecule has 10 nitrogen and oxygen atoms in total. The number of nitro groups is 1. The van der Waals surface area contributed by atoms with Crippen LogP contribution in [0.15, 0.2) is 72.9 Å². The Bertz CT molecular complexity index is 1640. The number of non-ortho nitro benzene ring substituents is 1. The fourth-order valence-corrected chi connectivity index (χ4v) is 5.82. The molecule has 4 aromatic rings. The van der Waals surface area contributed by atoms with Crippen molar-refractivity contribution in [1.29, 1.82) is 0 Å². The van der Waals surface area contributed by atoms with E-state index < -0.39 is 4.92 Å². The van der Waals surface area contributed by atoms with E-state index in [9.17, 15) is 14.9 Å². The lowest BCUT2D eigenvalue weighted by atomic mass is 9.96. The first-order valence-electron chi connectivity index (χ1n) is 13.5. The first-order chi connectivity index (χ1) is 20.2. The number of anilines is 1. The van der Waals surface area contributed by atoms with Crippen molar-refractivity contribution in [1.82, 2.24) is 19.8 Å². The van der Waals surface area contributed by atoms with Gasteiger partial charge in [-0.25, -0.2) is 0 Å². The number of ether oxygens (including phenoxy) is 1. The number of benzene rings is 2. The number of nitrogens with zero attached hydrogens (tertiary/aromatic N) is 4. The van der Waals surface area contributed by atoms with Gasteiger partial charge in [-0.1, -0.05) is 23.8 Å². The van der Waals surface area contributed by atoms with Gasteiger partial charge in [0.15, 0.2) is 5.11 Å². The molecule has 42 heavy (non-hydrogen) atoms. The van der Waals surface area contributed by atoms with Gasteiger partial charge in [0.25, 0.3) is 5.69 Å². The minimum atomic E-state index is -0.419. The first kappa shape index (κ1) is 28.7. The number of nitro benzene ring substituents is 1. The lowest BCUT2D eigenvalue weighted by Crippen LogP contribution is -2.32. The van der Waals surface area contributed by atoms with Crippen LogP contribution in [-0.4, -0.2) is 44.0 Å². The number of hydrogen-bond acceptors (Lipinski definition) is 6. The molecule has 1 aliphatic rings. The Balaban J connectivity index is 1.51. The third kappa shape index (κ3) is 5.68. The summed E-state index contributed by atoms with van der Waals surface area (Å²) in [4.78, 5) is 30.7. The average Bonchev–Trinajstić information content (AvgIpc) is 3.47. The Kier molecular flexibility index (Phi) is 8.21. The summed E-state index contributed by atoms with van der Waals surface area (Å²) in [6, 6.07) is 19.5. The van der Waals surface area contributed by atoms with Crippen molar-refractivity contribution >= 4 is 34.6 Å². The highest BCUT2D eigenvalue weighted by Gasteiger charge is 2.41. The maximum atomic E-state index is 12.9. The standard InChI is InChI=1S/C31H32N6O4S/c1-19-8-10-22(11-9-19)33-28(38)14-16-35-30(29(34-31(35)42)25-7-5-6-15-32-25)24-17-20(2)36(21(24)3)26-18-23(37(39)40)12-13-27(26)41-4/h5-13,15,17-18,29-30H,14,16H2,1-4H3,(H,33,38)(H,34,42)/t29-,30-/m0/s1. The first-order valence-corrected chi connectivity index (χ1v) is 13.9. The third-order valence-corrected chi connectivity index (χ3v) is 7.87. The Labute approximate surface area is 249 Å². The molecule has 0 unspecified atom stereocenters. The molecule has 1 fully saturated rings. The van der Waals surface area contributed by atoms with E-state index in [1.54, 1.807) is 19.4 Å². The van der Waals surface area contributed by atoms with Crippen LogP contribution in [0, 0.1) is 30.9 Å². The van der Waals surface area contributed by atoms with Crippen LogP contribution in [0.3, 0.4) is 0 Å². The molecular formula is C31H32N6O4S. The van der Waals surface area contributed by atoms with Crippen molar-refractivity contribution in [3.05, 3.63) is 111 Å². The predicted octanol–water partition coefficient (Wildman–Crippen LogP) is 5.72. The lowest BCUT2D eigenvalue weighted by molar-refractivity contribution is -0.384. The number of amides is 1. The van der Waals surface area contributed by atoms with Crippen LogP contribution in [0.5, 0.6) is 5.75 Å². The maximum Gasteiger partial charge on any atom is 0.271 e. The molecule has 0 radical (unpaired) electrons. The number of carbonyl (C=O) groups excluding carboxylic acids is 1. The second-order valence-electron chi connectivity index (χ2n) is 10.3. The minimum absolute atomic E-state index is 0.0314. The molecule has 1 saturated heterocycles. The van der Waals surface area contributed by atoms with Crippen LogP contribution in [0.1, 0.15) is 46.7 Å². The molecule has 5 rings (SSSR count). The smallest absolute Gasteiger partial charge is 0.271 e. The number of rotatable bonds is 9. The van der Waals surface area contributed by atoms with Gasteiger partial charge in [-0.3, -0.25) is 19.9 Å². The van der Waals surface area contributed by atoms with Gasteiger partial charge in [0.05, 0.1) is 35.5 Å². The van der Waals surface area contributed by atoms with Gasteiger partial charge in [0.2, 0.25) is 5.91 Å². The second kappa shape index (κ2) is 12.0. The molecule has 0 aliphatic carbocycles. The summed E-state index contributed by atoms with van der Waals surface area (Å²) < 4.78 is 7.55. The van der Waals surface area contributed by atoms with Crippen LogP contribution in [0.25, 0.3) is 5.69 Å². The molecule has 11 heteroatoms. The number of carbonyl (C=O) groups is 1. The maximum absolute atomic E-state index is 12.9. The number of methoxy groups -OCH3 is 1. The molecule has 2 N–H and O–H groups in total. The van der Waals surface area contributed by atoms with Gasteiger partial charge < -0.3 is 24.8 Å². The molecule has 2 atom stereocenters. The third-order valence-electron chi connectivity index (χ3n) is 7.52. The summed E-state index contributed by atoms with van der Waals surface area (Å²) in [5, 5.41) is 18.5. The molecule has 1 aliphatic heterocycles. The van der Waals surface area contributed by atoms with Gasteiger partial charge in [0, 0.05) is 48.4 Å². The van der Waals surface area contributed by atoms with Crippen LogP contribution >= 0.6 is 12.2 Å². The number of hydrogen-bond donors (Lipinski definition) is 2. The van der Waals surface area contributed by atoms with Gasteiger partial charge in [-0.05, 0) is 75.0 Å². The van der Waals surface area contributed by atoms with E-state index in [1.165, 1.54) is 12.1 Å². The van der Waals surface area contributed by atoms with E-state index in [2.05, 4.69) is 21.7 Å². The predicted molar refractivity (Wildman–Crippen MR) is 165 cm³/mol. The summed E-state index contributed by atoms with van der Waals surface area (Å²) in [7, 11) is 1.54. The SMILES string of the molecule is COc1ccc([N+](=O)[O-])cc1-n1c(C)cc([C@H]2[C@H](c3ccccn3)NC(=S)N2CCC(=O)Nc2ccc(C)cc2)c1C. The van der Waals surface area contributed by atoms with Crippen LogP contribution in [-0.2, 0) is 4.79 Å². The van der Waals surface area contributed by atoms with E-state index in [-0.39, 0.29) is 30.1 Å². The molecule has 2 aromatic heterocycles. The highest BCUT2D eigenvalue weighted by Crippen LogP contribution is 2.42. The van der Waals surface area contributed by atoms with Crippen LogP contribution in [0.4, 0.5) is 11.4 Å². The van der Waals surface area contributed by atoms with Gasteiger partial charge >= 0.3 is 0 Å². The summed E-state index contributed by atoms with van der Waals surface area (Å²) in [6.07, 6.45) is 1.96. The van der Waals surface area contributed by atoms with Gasteiger partial charge in [-0.15, -0.1) is 0 Å². The van der Waals surface area contributed by atoms with E-state index in [4.69, 9.17) is 17.0 Å². The van der Waals surface area contributed by atoms with Gasteiger partial charge in [0.1, 0.15) is 5.75 Å². The number of aromatic nitrogens is 2. The molecular weight excluding hydrogens is 552 g/mol. The van der Waals surface area contributed by atoms with E-state index in [0.717, 1.165) is 33.9 Å². The Morgan fingerprint density at radius 3 is 2.55 bits per heavy atom. The fraction of sp³-hybridized carbons (Fsp3) is 0.258. The highest BCUT2D eigenvalue weighted by atomic mass is 32.1. The van der Waals surface area contributed by atoms with E-state index >= 15 is 0 Å². The zero-order valence-corrected chi connectivity index (χ0v) is 24.6. The number of thiocarbonyl (C=S) groups is 1. The van der Waals surface area contributed by atoms with Crippen molar-refractivity contribution < 1.29 is 14.5 Å². The molecule has 3 heterocycles. The Hall–Kier alpha value is -4.77. The molecule has 216 valence electrons. The van der Waals surface area contributed by atoms with Crippen molar-refractivity contribution in [2.45, 2.75) is 39.3 Å². The summed E-state index contributed by atoms with van der Waals surface area (Å²) in [5.41, 5.74) is 5.91. The molecule has 1 amide bonds. The largest absolute Gasteiger partial charge is 0.495 e. The number of nitrogens with one attached hydrogen (secondary N) is 2. The second-order valence-corrected chi connectivity index (χ2v) is 10.6. The van der Waals surface area contributed by atoms with Gasteiger partial charge in [-0.2, -0.15) is 0 Å². The number of aryl methyl sites for hydroxylation is 2. The normalized spacial score (nSPS) is 16.3. The Morgan fingerprint density at radius 1 is 1.12 bits per heavy atom. The molecule has 0 bridgehead atoms. The minimum Gasteiger partial charge on any atom is -0.495 e. The quantitative estimate of drug-likeness (QED) is 0.146. The molecule has 2 aromatic carbocycles. The lowest BCUT2D eigenvalue weighted by Gasteiger charge is -2.28. The van der Waals surface area contributed by atoms with Crippen molar-refractivity contribution in [3.63, 3.8) is 0 Å². The van der Waals surface area contributed by atoms with E-state index in [0.29, 0.717) is 23.1 Å². The van der Waals surface area contributed by atoms with Crippen molar-refractivity contribution in [2.75, 3.05) is 19.0 Å². The summed E-state index contributed by atoms with van der Waals surface area (Å²) in [5.74, 6) is 0.397. The Morgan fingerprint density at radius 2 is 1.88 bits per heavy atom. The van der Waals surface area contributed by atoms with Crippen molar-refractivity contribution in [3.8, 4) is 11.4 Å². The van der Waals surface area contributed by atoms with Crippen LogP contribution < -0.4 is 15.4 Å². The van der Waals surface area contributed by atoms with E-state index in [1.807, 2.05) is 72.7 Å². The monoisotopic (exact) mass is 584 g/mol. The highest BCUT2D eigenvalue weighted by molar-refractivity contribution is 7.80. The zero-order valence-electron chi connectivity index (χ0n) is 23.8. The fourth-order valence-electron chi connectivity index (χ4n) is 5.49. The summed E-state index contributed by atoms with van der Waals surface area (Å²) in [6.45, 7) is 6.29. The zero-order chi connectivity index (χ0) is 30.0. The molecule has 0 spiro atoms. The number of pyridine rings is 1. The topological polar surface area (TPSA) is 115 Å². The molecule has 0 saturated carbocycles.